The van der Waals surface area contributed by atoms with E-state index in [1.807, 2.05) is 37.3 Å². The number of halogens is 2. The molecule has 3 aromatic heterocycles. The van der Waals surface area contributed by atoms with Gasteiger partial charge in [0, 0.05) is 54.8 Å². The molecule has 198 valence electrons. The number of benzene rings is 2. The van der Waals surface area contributed by atoms with Crippen LogP contribution in [-0.4, -0.2) is 41.3 Å². The first kappa shape index (κ1) is 25.3. The Kier molecular flexibility index (Phi) is 6.76. The summed E-state index contributed by atoms with van der Waals surface area (Å²) in [5.74, 6) is -0.707. The Balaban J connectivity index is 1.58. The van der Waals surface area contributed by atoms with Crippen molar-refractivity contribution in [2.45, 2.75) is 6.92 Å². The number of nitriles is 1. The topological polar surface area (TPSA) is 87.0 Å². The maximum absolute atomic E-state index is 15.4. The van der Waals surface area contributed by atoms with E-state index < -0.39 is 11.6 Å². The van der Waals surface area contributed by atoms with Crippen LogP contribution in [0.2, 0.25) is 0 Å². The van der Waals surface area contributed by atoms with Crippen LogP contribution < -0.4 is 10.2 Å². The number of fused-ring (bicyclic) bond motifs is 1. The van der Waals surface area contributed by atoms with Crippen molar-refractivity contribution in [1.82, 2.24) is 15.0 Å². The molecule has 0 saturated carbocycles. The van der Waals surface area contributed by atoms with Crippen LogP contribution in [0.25, 0.3) is 33.4 Å². The summed E-state index contributed by atoms with van der Waals surface area (Å²) in [6, 6.07) is 18.8. The van der Waals surface area contributed by atoms with Crippen molar-refractivity contribution in [3.8, 4) is 28.6 Å². The maximum Gasteiger partial charge on any atom is 0.137 e. The van der Waals surface area contributed by atoms with E-state index in [1.54, 1.807) is 30.6 Å². The van der Waals surface area contributed by atoms with Crippen LogP contribution in [0.5, 0.6) is 0 Å². The van der Waals surface area contributed by atoms with Gasteiger partial charge in [-0.25, -0.2) is 18.7 Å². The van der Waals surface area contributed by atoms with Gasteiger partial charge in [-0.15, -0.1) is 0 Å². The third-order valence-electron chi connectivity index (χ3n) is 6.94. The quantitative estimate of drug-likeness (QED) is 0.279. The molecule has 9 heteroatoms. The molecule has 0 aliphatic carbocycles. The molecular formula is C31H24F2N6O. The number of morpholine rings is 1. The zero-order chi connectivity index (χ0) is 27.6. The Morgan fingerprint density at radius 2 is 1.85 bits per heavy atom. The average molecular weight is 535 g/mol. The lowest BCUT2D eigenvalue weighted by Crippen LogP contribution is -2.36. The molecular weight excluding hydrogens is 510 g/mol. The molecule has 0 radical (unpaired) electrons. The standard InChI is InChI=1S/C31H24F2N6O/c1-19-30(25-7-2-3-8-35-25)38-27-15-22(32)14-24(33)29(27)31(19)37-26-16-28(39-9-11-40-12-10-39)36-18-23(26)21-6-4-5-20(13-21)17-34/h2-8,13-16,18H,9-12H2,1H3,(H,36,37,38). The summed E-state index contributed by atoms with van der Waals surface area (Å²) in [6.45, 7) is 4.39. The number of anilines is 3. The lowest BCUT2D eigenvalue weighted by Gasteiger charge is -2.28. The first-order valence-corrected chi connectivity index (χ1v) is 12.8. The molecule has 1 aliphatic rings. The molecule has 0 bridgehead atoms. The van der Waals surface area contributed by atoms with Gasteiger partial charge in [-0.1, -0.05) is 18.2 Å². The normalized spacial score (nSPS) is 13.3. The predicted molar refractivity (Wildman–Crippen MR) is 150 cm³/mol. The second-order valence-corrected chi connectivity index (χ2v) is 9.46. The van der Waals surface area contributed by atoms with Crippen molar-refractivity contribution in [1.29, 1.82) is 5.26 Å². The molecule has 4 heterocycles. The fourth-order valence-corrected chi connectivity index (χ4v) is 4.95. The van der Waals surface area contributed by atoms with Crippen LogP contribution in [-0.2, 0) is 4.74 Å². The van der Waals surface area contributed by atoms with E-state index in [0.717, 1.165) is 23.0 Å². The van der Waals surface area contributed by atoms with Gasteiger partial charge in [-0.05, 0) is 36.8 Å². The summed E-state index contributed by atoms with van der Waals surface area (Å²) >= 11 is 0. The van der Waals surface area contributed by atoms with Gasteiger partial charge in [0.25, 0.3) is 0 Å². The van der Waals surface area contributed by atoms with Gasteiger partial charge in [-0.3, -0.25) is 4.98 Å². The van der Waals surface area contributed by atoms with Crippen LogP contribution in [0.4, 0.5) is 26.0 Å². The van der Waals surface area contributed by atoms with Crippen molar-refractivity contribution in [2.75, 3.05) is 36.5 Å². The number of ether oxygens (including phenoxy) is 1. The summed E-state index contributed by atoms with van der Waals surface area (Å²) in [6.07, 6.45) is 3.40. The number of rotatable bonds is 5. The Bertz CT molecular complexity index is 1760. The Hall–Kier alpha value is -4.94. The van der Waals surface area contributed by atoms with Crippen LogP contribution in [0, 0.1) is 29.9 Å². The molecule has 0 spiro atoms. The molecule has 1 aliphatic heterocycles. The molecule has 5 aromatic rings. The van der Waals surface area contributed by atoms with Crippen molar-refractivity contribution in [2.24, 2.45) is 0 Å². The van der Waals surface area contributed by atoms with Gasteiger partial charge in [0.15, 0.2) is 0 Å². The van der Waals surface area contributed by atoms with Crippen molar-refractivity contribution < 1.29 is 13.5 Å². The van der Waals surface area contributed by atoms with Crippen LogP contribution in [0.3, 0.4) is 0 Å². The Labute approximate surface area is 229 Å². The minimum Gasteiger partial charge on any atom is -0.378 e. The number of pyridine rings is 3. The first-order valence-electron chi connectivity index (χ1n) is 12.8. The molecule has 0 amide bonds. The van der Waals surface area contributed by atoms with Gasteiger partial charge in [0.05, 0.1) is 58.5 Å². The summed E-state index contributed by atoms with van der Waals surface area (Å²) in [7, 11) is 0. The monoisotopic (exact) mass is 534 g/mol. The van der Waals surface area contributed by atoms with E-state index in [0.29, 0.717) is 60.2 Å². The highest BCUT2D eigenvalue weighted by molar-refractivity contribution is 5.99. The summed E-state index contributed by atoms with van der Waals surface area (Å²) in [5, 5.41) is 13.1. The molecule has 0 atom stereocenters. The van der Waals surface area contributed by atoms with Crippen LogP contribution in [0.1, 0.15) is 11.1 Å². The third-order valence-corrected chi connectivity index (χ3v) is 6.94. The predicted octanol–water partition coefficient (Wildman–Crippen LogP) is 6.40. The number of hydrogen-bond acceptors (Lipinski definition) is 7. The lowest BCUT2D eigenvalue weighted by molar-refractivity contribution is 0.122. The van der Waals surface area contributed by atoms with Gasteiger partial charge < -0.3 is 15.0 Å². The van der Waals surface area contributed by atoms with E-state index in [-0.39, 0.29) is 10.9 Å². The Morgan fingerprint density at radius 3 is 2.62 bits per heavy atom. The molecule has 1 N–H and O–H groups in total. The van der Waals surface area contributed by atoms with Crippen molar-refractivity contribution in [3.63, 3.8) is 0 Å². The van der Waals surface area contributed by atoms with Gasteiger partial charge in [-0.2, -0.15) is 5.26 Å². The maximum atomic E-state index is 15.4. The van der Waals surface area contributed by atoms with E-state index in [2.05, 4.69) is 26.3 Å². The van der Waals surface area contributed by atoms with E-state index in [1.165, 1.54) is 6.07 Å². The molecule has 7 nitrogen and oxygen atoms in total. The molecule has 40 heavy (non-hydrogen) atoms. The van der Waals surface area contributed by atoms with E-state index in [4.69, 9.17) is 9.72 Å². The third kappa shape index (κ3) is 4.81. The molecule has 1 fully saturated rings. The van der Waals surface area contributed by atoms with Gasteiger partial charge >= 0.3 is 0 Å². The van der Waals surface area contributed by atoms with Crippen LogP contribution in [0.15, 0.2) is 73.1 Å². The lowest BCUT2D eigenvalue weighted by atomic mass is 10.0. The fourth-order valence-electron chi connectivity index (χ4n) is 4.95. The minimum absolute atomic E-state index is 0.167. The van der Waals surface area contributed by atoms with Gasteiger partial charge in [0.2, 0.25) is 0 Å². The Morgan fingerprint density at radius 1 is 1.00 bits per heavy atom. The zero-order valence-electron chi connectivity index (χ0n) is 21.7. The smallest absolute Gasteiger partial charge is 0.137 e. The summed E-state index contributed by atoms with van der Waals surface area (Å²) in [5.41, 5.74) is 5.01. The molecule has 0 unspecified atom stereocenters. The highest BCUT2D eigenvalue weighted by Crippen LogP contribution is 2.39. The van der Waals surface area contributed by atoms with Gasteiger partial charge in [0.1, 0.15) is 17.5 Å². The zero-order valence-corrected chi connectivity index (χ0v) is 21.7. The van der Waals surface area contributed by atoms with E-state index >= 15 is 4.39 Å². The minimum atomic E-state index is -0.726. The molecule has 6 rings (SSSR count). The molecule has 1 saturated heterocycles. The van der Waals surface area contributed by atoms with Crippen molar-refractivity contribution >= 4 is 28.1 Å². The second kappa shape index (κ2) is 10.7. The van der Waals surface area contributed by atoms with Crippen molar-refractivity contribution in [3.05, 3.63) is 95.8 Å². The largest absolute Gasteiger partial charge is 0.378 e. The first-order chi connectivity index (χ1) is 19.5. The number of aromatic nitrogens is 3. The SMILES string of the molecule is Cc1c(-c2ccccn2)nc2cc(F)cc(F)c2c1Nc1cc(N2CCOCC2)ncc1-c1cccc(C#N)c1. The highest BCUT2D eigenvalue weighted by Gasteiger charge is 2.21. The highest BCUT2D eigenvalue weighted by atomic mass is 19.1. The summed E-state index contributed by atoms with van der Waals surface area (Å²) in [4.78, 5) is 15.9. The summed E-state index contributed by atoms with van der Waals surface area (Å²) < 4.78 is 35.3. The average Bonchev–Trinajstić information content (AvgIpc) is 2.99. The number of hydrogen-bond donors (Lipinski definition) is 1. The van der Waals surface area contributed by atoms with E-state index in [9.17, 15) is 9.65 Å². The second-order valence-electron chi connectivity index (χ2n) is 9.46. The fraction of sp³-hybridized carbons (Fsp3) is 0.161. The van der Waals surface area contributed by atoms with Crippen LogP contribution >= 0.6 is 0 Å². The number of nitrogens with one attached hydrogen (secondary N) is 1. The number of nitrogens with zero attached hydrogens (tertiary/aromatic N) is 5. The molecule has 2 aromatic carbocycles.